The second kappa shape index (κ2) is 6.22. The number of esters is 1. The summed E-state index contributed by atoms with van der Waals surface area (Å²) in [5, 5.41) is 2.76. The van der Waals surface area contributed by atoms with Gasteiger partial charge in [-0.05, 0) is 26.8 Å². The fourth-order valence-electron chi connectivity index (χ4n) is 0.780. The zero-order valence-electron chi connectivity index (χ0n) is 8.22. The number of carbonyl (C=O) groups is 2. The van der Waals surface area contributed by atoms with Gasteiger partial charge in [0.15, 0.2) is 5.78 Å². The number of nitrogens with one attached hydrogen (secondary N) is 1. The van der Waals surface area contributed by atoms with Crippen LogP contribution in [0.4, 0.5) is 0 Å². The first-order chi connectivity index (χ1) is 6.06. The molecule has 0 unspecified atom stereocenters. The second-order valence-electron chi connectivity index (χ2n) is 2.60. The monoisotopic (exact) mass is 185 g/mol. The molecule has 74 valence electrons. The molecule has 0 aromatic heterocycles. The quantitative estimate of drug-likeness (QED) is 0.504. The second-order valence-corrected chi connectivity index (χ2v) is 2.60. The van der Waals surface area contributed by atoms with Gasteiger partial charge in [-0.2, -0.15) is 0 Å². The molecule has 0 aliphatic carbocycles. The van der Waals surface area contributed by atoms with E-state index >= 15 is 0 Å². The van der Waals surface area contributed by atoms with Gasteiger partial charge in [0, 0.05) is 5.70 Å². The molecule has 1 N–H and O–H groups in total. The summed E-state index contributed by atoms with van der Waals surface area (Å²) in [4.78, 5) is 21.4. The average Bonchev–Trinajstić information content (AvgIpc) is 2.00. The SMILES string of the molecule is CCOC(=O)CNC(C)=CC(C)=O. The molecule has 0 bridgehead atoms. The lowest BCUT2D eigenvalue weighted by Gasteiger charge is -2.04. The molecule has 0 aromatic rings. The van der Waals surface area contributed by atoms with Crippen LogP contribution in [0.5, 0.6) is 0 Å². The van der Waals surface area contributed by atoms with E-state index in [2.05, 4.69) is 10.1 Å². The maximum atomic E-state index is 10.8. The molecule has 4 heteroatoms. The van der Waals surface area contributed by atoms with Crippen LogP contribution in [0.3, 0.4) is 0 Å². The van der Waals surface area contributed by atoms with Crippen LogP contribution in [-0.2, 0) is 14.3 Å². The zero-order chi connectivity index (χ0) is 10.3. The number of rotatable bonds is 5. The van der Waals surface area contributed by atoms with E-state index in [1.807, 2.05) is 0 Å². The van der Waals surface area contributed by atoms with Crippen LogP contribution in [0.2, 0.25) is 0 Å². The van der Waals surface area contributed by atoms with Gasteiger partial charge in [0.05, 0.1) is 6.61 Å². The fourth-order valence-corrected chi connectivity index (χ4v) is 0.780. The van der Waals surface area contributed by atoms with Gasteiger partial charge in [-0.1, -0.05) is 0 Å². The van der Waals surface area contributed by atoms with Crippen molar-refractivity contribution in [2.45, 2.75) is 20.8 Å². The lowest BCUT2D eigenvalue weighted by molar-refractivity contribution is -0.141. The summed E-state index contributed by atoms with van der Waals surface area (Å²) in [6.07, 6.45) is 1.43. The van der Waals surface area contributed by atoms with Gasteiger partial charge in [0.2, 0.25) is 0 Å². The molecule has 0 aliphatic rings. The zero-order valence-corrected chi connectivity index (χ0v) is 8.22. The molecule has 0 aromatic carbocycles. The summed E-state index contributed by atoms with van der Waals surface area (Å²) < 4.78 is 4.68. The number of ether oxygens (including phenoxy) is 1. The Morgan fingerprint density at radius 2 is 2.00 bits per heavy atom. The van der Waals surface area contributed by atoms with E-state index < -0.39 is 0 Å². The average molecular weight is 185 g/mol. The Morgan fingerprint density at radius 1 is 1.38 bits per heavy atom. The van der Waals surface area contributed by atoms with Crippen LogP contribution in [0.1, 0.15) is 20.8 Å². The van der Waals surface area contributed by atoms with Crippen molar-refractivity contribution in [3.8, 4) is 0 Å². The Bertz CT molecular complexity index is 221. The minimum atomic E-state index is -0.321. The maximum absolute atomic E-state index is 10.8. The predicted octanol–water partition coefficient (Wildman–Crippen LogP) is 0.632. The topological polar surface area (TPSA) is 55.4 Å². The third-order valence-electron chi connectivity index (χ3n) is 1.24. The van der Waals surface area contributed by atoms with Gasteiger partial charge >= 0.3 is 5.97 Å². The Labute approximate surface area is 78.0 Å². The van der Waals surface area contributed by atoms with E-state index in [4.69, 9.17) is 0 Å². The predicted molar refractivity (Wildman–Crippen MR) is 49.1 cm³/mol. The fraction of sp³-hybridized carbons (Fsp3) is 0.556. The molecule has 4 nitrogen and oxygen atoms in total. The first-order valence-corrected chi connectivity index (χ1v) is 4.14. The highest BCUT2D eigenvalue weighted by molar-refractivity contribution is 5.87. The normalized spacial score (nSPS) is 10.8. The maximum Gasteiger partial charge on any atom is 0.325 e. The molecule has 0 atom stereocenters. The van der Waals surface area contributed by atoms with Crippen LogP contribution in [-0.4, -0.2) is 24.9 Å². The van der Waals surface area contributed by atoms with Gasteiger partial charge in [-0.15, -0.1) is 0 Å². The first-order valence-electron chi connectivity index (χ1n) is 4.14. The van der Waals surface area contributed by atoms with Crippen molar-refractivity contribution in [1.29, 1.82) is 0 Å². The van der Waals surface area contributed by atoms with E-state index in [1.54, 1.807) is 13.8 Å². The number of ketones is 1. The third kappa shape index (κ3) is 7.05. The van der Waals surface area contributed by atoms with E-state index in [0.717, 1.165) is 0 Å². The highest BCUT2D eigenvalue weighted by Gasteiger charge is 2.00. The van der Waals surface area contributed by atoms with Crippen molar-refractivity contribution in [2.24, 2.45) is 0 Å². The van der Waals surface area contributed by atoms with E-state index in [9.17, 15) is 9.59 Å². The Balaban J connectivity index is 3.76. The molecule has 0 saturated heterocycles. The van der Waals surface area contributed by atoms with E-state index in [-0.39, 0.29) is 18.3 Å². The lowest BCUT2D eigenvalue weighted by Crippen LogP contribution is -2.23. The van der Waals surface area contributed by atoms with Crippen molar-refractivity contribution < 1.29 is 14.3 Å². The Morgan fingerprint density at radius 3 is 2.46 bits per heavy atom. The van der Waals surface area contributed by atoms with Crippen molar-refractivity contribution in [2.75, 3.05) is 13.2 Å². The summed E-state index contributed by atoms with van der Waals surface area (Å²) in [7, 11) is 0. The molecule has 0 fully saturated rings. The largest absolute Gasteiger partial charge is 0.465 e. The minimum Gasteiger partial charge on any atom is -0.465 e. The summed E-state index contributed by atoms with van der Waals surface area (Å²) in [6.45, 7) is 5.39. The molecule has 0 radical (unpaired) electrons. The van der Waals surface area contributed by atoms with Crippen molar-refractivity contribution in [3.63, 3.8) is 0 Å². The van der Waals surface area contributed by atoms with Crippen molar-refractivity contribution >= 4 is 11.8 Å². The van der Waals surface area contributed by atoms with Gasteiger partial charge in [0.25, 0.3) is 0 Å². The minimum absolute atomic E-state index is 0.0474. The van der Waals surface area contributed by atoms with E-state index in [0.29, 0.717) is 12.3 Å². The number of carbonyl (C=O) groups excluding carboxylic acids is 2. The third-order valence-corrected chi connectivity index (χ3v) is 1.24. The van der Waals surface area contributed by atoms with Crippen LogP contribution in [0.25, 0.3) is 0 Å². The first kappa shape index (κ1) is 11.7. The van der Waals surface area contributed by atoms with Crippen LogP contribution in [0, 0.1) is 0 Å². The molecular formula is C9H15NO3. The van der Waals surface area contributed by atoms with Gasteiger partial charge in [-0.3, -0.25) is 9.59 Å². The molecule has 0 aliphatic heterocycles. The standard InChI is InChI=1S/C9H15NO3/c1-4-13-9(12)6-10-7(2)5-8(3)11/h5,10H,4,6H2,1-3H3. The molecule has 0 spiro atoms. The summed E-state index contributed by atoms with van der Waals surface area (Å²) >= 11 is 0. The summed E-state index contributed by atoms with van der Waals surface area (Å²) in [5.41, 5.74) is 0.667. The Kier molecular flexibility index (Phi) is 5.59. The molecular weight excluding hydrogens is 170 g/mol. The number of hydrogen-bond acceptors (Lipinski definition) is 4. The van der Waals surface area contributed by atoms with Crippen LogP contribution < -0.4 is 5.32 Å². The molecule has 0 amide bonds. The molecule has 13 heavy (non-hydrogen) atoms. The number of hydrogen-bond donors (Lipinski definition) is 1. The molecule has 0 rings (SSSR count). The van der Waals surface area contributed by atoms with Crippen LogP contribution >= 0.6 is 0 Å². The smallest absolute Gasteiger partial charge is 0.325 e. The van der Waals surface area contributed by atoms with Gasteiger partial charge in [-0.25, -0.2) is 0 Å². The van der Waals surface area contributed by atoms with Crippen LogP contribution in [0.15, 0.2) is 11.8 Å². The van der Waals surface area contributed by atoms with Crippen molar-refractivity contribution in [3.05, 3.63) is 11.8 Å². The Hall–Kier alpha value is -1.32. The summed E-state index contributed by atoms with van der Waals surface area (Å²) in [6, 6.07) is 0. The van der Waals surface area contributed by atoms with Gasteiger partial charge < -0.3 is 10.1 Å². The molecule has 0 saturated carbocycles. The number of allylic oxidation sites excluding steroid dienone is 2. The van der Waals surface area contributed by atoms with E-state index in [1.165, 1.54) is 13.0 Å². The van der Waals surface area contributed by atoms with Gasteiger partial charge in [0.1, 0.15) is 6.54 Å². The summed E-state index contributed by atoms with van der Waals surface area (Å²) in [5.74, 6) is -0.368. The van der Waals surface area contributed by atoms with Crippen molar-refractivity contribution in [1.82, 2.24) is 5.32 Å². The highest BCUT2D eigenvalue weighted by Crippen LogP contribution is 1.87. The lowest BCUT2D eigenvalue weighted by atomic mass is 10.3. The molecule has 0 heterocycles. The highest BCUT2D eigenvalue weighted by atomic mass is 16.5.